The van der Waals surface area contributed by atoms with Crippen LogP contribution in [0.5, 0.6) is 0 Å². The van der Waals surface area contributed by atoms with Crippen molar-refractivity contribution < 1.29 is 33.1 Å². The molecule has 0 atom stereocenters. The Kier molecular flexibility index (Phi) is 8.57. The zero-order valence-electron chi connectivity index (χ0n) is 11.5. The van der Waals surface area contributed by atoms with Gasteiger partial charge in [0.25, 0.3) is 0 Å². The van der Waals surface area contributed by atoms with E-state index in [9.17, 15) is 9.59 Å². The van der Waals surface area contributed by atoms with Crippen LogP contribution in [-0.2, 0) is 22.9 Å². The monoisotopic (exact) mass is 294 g/mol. The van der Waals surface area contributed by atoms with Crippen molar-refractivity contribution in [1.82, 2.24) is 0 Å². The highest BCUT2D eigenvalue weighted by atomic mass is 28.4. The zero-order valence-corrected chi connectivity index (χ0v) is 12.5. The Morgan fingerprint density at radius 3 is 1.58 bits per heavy atom. The topological polar surface area (TPSA) is 102 Å². The fourth-order valence-electron chi connectivity index (χ4n) is 1.67. The first kappa shape index (κ1) is 18.0. The molecule has 0 amide bonds. The molecule has 7 nitrogen and oxygen atoms in total. The SMILES string of the molecule is CCO[Si](CCC(C(=O)O)C(=O)O)(OCC)OCC. The lowest BCUT2D eigenvalue weighted by Gasteiger charge is -2.28. The Labute approximate surface area is 113 Å². The van der Waals surface area contributed by atoms with Gasteiger partial charge in [0.1, 0.15) is 0 Å². The minimum atomic E-state index is -2.98. The molecule has 0 radical (unpaired) electrons. The van der Waals surface area contributed by atoms with Crippen LogP contribution in [0.1, 0.15) is 27.2 Å². The second-order valence-electron chi connectivity index (χ2n) is 3.75. The highest BCUT2D eigenvalue weighted by Gasteiger charge is 2.42. The molecule has 0 saturated heterocycles. The average Bonchev–Trinajstić information content (AvgIpc) is 2.29. The van der Waals surface area contributed by atoms with Gasteiger partial charge in [-0.2, -0.15) is 0 Å². The van der Waals surface area contributed by atoms with Gasteiger partial charge in [-0.3, -0.25) is 9.59 Å². The second kappa shape index (κ2) is 9.02. The van der Waals surface area contributed by atoms with Gasteiger partial charge in [-0.1, -0.05) is 0 Å². The molecule has 0 spiro atoms. The summed E-state index contributed by atoms with van der Waals surface area (Å²) in [5.74, 6) is -4.19. The normalized spacial score (nSPS) is 11.8. The molecule has 0 aromatic rings. The second-order valence-corrected chi connectivity index (χ2v) is 6.48. The first-order valence-electron chi connectivity index (χ1n) is 6.29. The van der Waals surface area contributed by atoms with Crippen LogP contribution in [0.3, 0.4) is 0 Å². The van der Waals surface area contributed by atoms with Crippen molar-refractivity contribution in [3.8, 4) is 0 Å². The zero-order chi connectivity index (χ0) is 14.9. The molecular weight excluding hydrogens is 272 g/mol. The average molecular weight is 294 g/mol. The van der Waals surface area contributed by atoms with E-state index >= 15 is 0 Å². The number of rotatable bonds is 11. The standard InChI is InChI=1S/C11H22O7Si/c1-4-16-19(17-5-2,18-6-3)8-7-9(10(12)13)11(14)15/h9H,4-8H2,1-3H3,(H,12,13)(H,14,15). The Balaban J connectivity index is 4.78. The molecule has 0 unspecified atom stereocenters. The van der Waals surface area contributed by atoms with Crippen molar-refractivity contribution in [3.05, 3.63) is 0 Å². The molecule has 0 aromatic heterocycles. The number of hydrogen-bond donors (Lipinski definition) is 2. The van der Waals surface area contributed by atoms with Crippen molar-refractivity contribution in [1.29, 1.82) is 0 Å². The lowest BCUT2D eigenvalue weighted by Crippen LogP contribution is -2.46. The van der Waals surface area contributed by atoms with Gasteiger partial charge in [-0.25, -0.2) is 0 Å². The summed E-state index contributed by atoms with van der Waals surface area (Å²) in [4.78, 5) is 21.7. The molecule has 0 saturated carbocycles. The van der Waals surface area contributed by atoms with Crippen LogP contribution in [0, 0.1) is 5.92 Å². The fraction of sp³-hybridized carbons (Fsp3) is 0.818. The summed E-state index contributed by atoms with van der Waals surface area (Å²) in [7, 11) is -2.98. The van der Waals surface area contributed by atoms with Gasteiger partial charge < -0.3 is 23.5 Å². The predicted molar refractivity (Wildman–Crippen MR) is 68.8 cm³/mol. The summed E-state index contributed by atoms with van der Waals surface area (Å²) in [5, 5.41) is 17.7. The number of aliphatic carboxylic acids is 2. The Morgan fingerprint density at radius 1 is 0.947 bits per heavy atom. The minimum Gasteiger partial charge on any atom is -0.481 e. The van der Waals surface area contributed by atoms with Crippen LogP contribution in [0.2, 0.25) is 6.04 Å². The van der Waals surface area contributed by atoms with Crippen LogP contribution >= 0.6 is 0 Å². The summed E-state index contributed by atoms with van der Waals surface area (Å²) in [6.45, 7) is 6.47. The van der Waals surface area contributed by atoms with E-state index in [1.165, 1.54) is 0 Å². The van der Waals surface area contributed by atoms with Gasteiger partial charge in [-0.05, 0) is 27.2 Å². The summed E-state index contributed by atoms with van der Waals surface area (Å²) < 4.78 is 16.6. The number of carbonyl (C=O) groups is 2. The van der Waals surface area contributed by atoms with E-state index in [1.807, 2.05) is 0 Å². The van der Waals surface area contributed by atoms with Gasteiger partial charge in [-0.15, -0.1) is 0 Å². The van der Waals surface area contributed by atoms with E-state index in [2.05, 4.69) is 0 Å². The Hall–Kier alpha value is -0.963. The quantitative estimate of drug-likeness (QED) is 0.436. The van der Waals surface area contributed by atoms with Crippen LogP contribution in [0.15, 0.2) is 0 Å². The molecule has 0 bridgehead atoms. The lowest BCUT2D eigenvalue weighted by molar-refractivity contribution is -0.154. The Morgan fingerprint density at radius 2 is 1.32 bits per heavy atom. The molecule has 0 aromatic carbocycles. The van der Waals surface area contributed by atoms with Gasteiger partial charge in [0.2, 0.25) is 0 Å². The van der Waals surface area contributed by atoms with Crippen LogP contribution < -0.4 is 0 Å². The summed E-state index contributed by atoms with van der Waals surface area (Å²) in [6.07, 6.45) is -0.0725. The van der Waals surface area contributed by atoms with E-state index in [0.29, 0.717) is 19.8 Å². The smallest absolute Gasteiger partial charge is 0.481 e. The van der Waals surface area contributed by atoms with E-state index in [0.717, 1.165) is 0 Å². The molecule has 19 heavy (non-hydrogen) atoms. The number of carboxylic acids is 2. The van der Waals surface area contributed by atoms with Crippen LogP contribution in [0.4, 0.5) is 0 Å². The minimum absolute atomic E-state index is 0.0725. The van der Waals surface area contributed by atoms with E-state index < -0.39 is 26.7 Å². The lowest BCUT2D eigenvalue weighted by atomic mass is 10.1. The summed E-state index contributed by atoms with van der Waals surface area (Å²) in [6, 6.07) is 0.172. The maximum Gasteiger partial charge on any atom is 0.500 e. The molecule has 0 aliphatic heterocycles. The Bertz CT molecular complexity index is 264. The van der Waals surface area contributed by atoms with E-state index in [-0.39, 0.29) is 12.5 Å². The molecule has 112 valence electrons. The van der Waals surface area contributed by atoms with Gasteiger partial charge in [0.15, 0.2) is 5.92 Å². The molecule has 0 aliphatic rings. The molecule has 8 heteroatoms. The largest absolute Gasteiger partial charge is 0.500 e. The maximum absolute atomic E-state index is 10.8. The molecule has 2 N–H and O–H groups in total. The highest BCUT2D eigenvalue weighted by molar-refractivity contribution is 6.60. The molecule has 0 fully saturated rings. The summed E-state index contributed by atoms with van der Waals surface area (Å²) >= 11 is 0. The summed E-state index contributed by atoms with van der Waals surface area (Å²) in [5.41, 5.74) is 0. The van der Waals surface area contributed by atoms with E-state index in [1.54, 1.807) is 20.8 Å². The van der Waals surface area contributed by atoms with Crippen molar-refractivity contribution in [3.63, 3.8) is 0 Å². The first-order valence-corrected chi connectivity index (χ1v) is 8.23. The third kappa shape index (κ3) is 6.15. The predicted octanol–water partition coefficient (Wildman–Crippen LogP) is 1.21. The van der Waals surface area contributed by atoms with Gasteiger partial charge >= 0.3 is 20.7 Å². The van der Waals surface area contributed by atoms with Crippen LogP contribution in [-0.4, -0.2) is 50.8 Å². The van der Waals surface area contributed by atoms with Crippen molar-refractivity contribution in [2.75, 3.05) is 19.8 Å². The van der Waals surface area contributed by atoms with Crippen molar-refractivity contribution in [2.24, 2.45) is 5.92 Å². The first-order chi connectivity index (χ1) is 8.92. The number of carboxylic acid groups (broad SMARTS) is 2. The molecular formula is C11H22O7Si. The maximum atomic E-state index is 10.8. The molecule has 0 rings (SSSR count). The van der Waals surface area contributed by atoms with Crippen molar-refractivity contribution in [2.45, 2.75) is 33.2 Å². The third-order valence-corrected chi connectivity index (χ3v) is 5.51. The fourth-order valence-corrected chi connectivity index (χ4v) is 4.32. The number of hydrogen-bond acceptors (Lipinski definition) is 5. The van der Waals surface area contributed by atoms with Gasteiger partial charge in [0.05, 0.1) is 0 Å². The third-order valence-electron chi connectivity index (χ3n) is 2.43. The molecule has 0 aliphatic carbocycles. The van der Waals surface area contributed by atoms with Gasteiger partial charge in [0, 0.05) is 25.9 Å². The molecule has 0 heterocycles. The van der Waals surface area contributed by atoms with Crippen molar-refractivity contribution >= 4 is 20.7 Å². The van der Waals surface area contributed by atoms with E-state index in [4.69, 9.17) is 23.5 Å². The highest BCUT2D eigenvalue weighted by Crippen LogP contribution is 2.21. The van der Waals surface area contributed by atoms with Crippen LogP contribution in [0.25, 0.3) is 0 Å².